The molecule has 2 nitrogen and oxygen atoms in total. The topological polar surface area (TPSA) is 46.2 Å². The third-order valence-electron chi connectivity index (χ3n) is 3.49. The van der Waals surface area contributed by atoms with Crippen molar-refractivity contribution < 1.29 is 5.11 Å². The number of nitrogens with two attached hydrogens (primary N) is 1. The highest BCUT2D eigenvalue weighted by atomic mass is 32.1. The van der Waals surface area contributed by atoms with E-state index in [9.17, 15) is 0 Å². The first-order valence-electron chi connectivity index (χ1n) is 7.72. The molecule has 1 rings (SSSR count). The average molecular weight is 295 g/mol. The lowest BCUT2D eigenvalue weighted by Gasteiger charge is -2.20. The molecule has 1 aromatic heterocycles. The number of aliphatic hydroxyl groups excluding tert-OH is 1. The Morgan fingerprint density at radius 2 is 2.10 bits per heavy atom. The fourth-order valence-corrected chi connectivity index (χ4v) is 2.94. The van der Waals surface area contributed by atoms with Crippen LogP contribution in [0.4, 0.5) is 0 Å². The molecule has 0 aliphatic carbocycles. The number of allylic oxidation sites excluding steroid dienone is 1. The van der Waals surface area contributed by atoms with Crippen molar-refractivity contribution in [3.63, 3.8) is 0 Å². The van der Waals surface area contributed by atoms with Gasteiger partial charge in [0.15, 0.2) is 0 Å². The third-order valence-corrected chi connectivity index (χ3v) is 4.60. The lowest BCUT2D eigenvalue weighted by molar-refractivity contribution is 0.201. The van der Waals surface area contributed by atoms with E-state index in [4.69, 9.17) is 10.8 Å². The predicted octanol–water partition coefficient (Wildman–Crippen LogP) is 4.37. The van der Waals surface area contributed by atoms with Crippen molar-refractivity contribution in [2.45, 2.75) is 64.3 Å². The largest absolute Gasteiger partial charge is 0.394 e. The van der Waals surface area contributed by atoms with Crippen LogP contribution in [0.15, 0.2) is 18.2 Å². The van der Waals surface area contributed by atoms with Gasteiger partial charge >= 0.3 is 0 Å². The highest BCUT2D eigenvalue weighted by molar-refractivity contribution is 7.12. The molecule has 1 unspecified atom stereocenters. The van der Waals surface area contributed by atoms with Crippen LogP contribution in [0.2, 0.25) is 0 Å². The van der Waals surface area contributed by atoms with Gasteiger partial charge < -0.3 is 10.8 Å². The van der Waals surface area contributed by atoms with Crippen LogP contribution in [0, 0.1) is 0 Å². The molecule has 0 saturated heterocycles. The zero-order chi connectivity index (χ0) is 14.8. The molecule has 0 radical (unpaired) electrons. The summed E-state index contributed by atoms with van der Waals surface area (Å²) in [5.74, 6) is 0. The summed E-state index contributed by atoms with van der Waals surface area (Å²) in [6.07, 6.45) is 12.7. The minimum Gasteiger partial charge on any atom is -0.394 e. The van der Waals surface area contributed by atoms with E-state index in [0.29, 0.717) is 0 Å². The van der Waals surface area contributed by atoms with Gasteiger partial charge in [-0.05, 0) is 50.8 Å². The van der Waals surface area contributed by atoms with Crippen molar-refractivity contribution >= 4 is 17.4 Å². The highest BCUT2D eigenvalue weighted by Gasteiger charge is 2.16. The number of unbranched alkanes of at least 4 members (excludes halogenated alkanes) is 4. The second kappa shape index (κ2) is 9.32. The van der Waals surface area contributed by atoms with Crippen LogP contribution < -0.4 is 5.73 Å². The molecule has 3 N–H and O–H groups in total. The smallest absolute Gasteiger partial charge is 0.0608 e. The molecule has 0 bridgehead atoms. The zero-order valence-corrected chi connectivity index (χ0v) is 13.7. The van der Waals surface area contributed by atoms with E-state index in [1.165, 1.54) is 41.9 Å². The third kappa shape index (κ3) is 7.22. The summed E-state index contributed by atoms with van der Waals surface area (Å²) in [6.45, 7) is 4.19. The Labute approximate surface area is 127 Å². The van der Waals surface area contributed by atoms with Gasteiger partial charge in [-0.25, -0.2) is 0 Å². The van der Waals surface area contributed by atoms with Gasteiger partial charge in [0, 0.05) is 15.3 Å². The number of hydrogen-bond acceptors (Lipinski definition) is 3. The Kier molecular flexibility index (Phi) is 8.12. The molecule has 0 aliphatic heterocycles. The quantitative estimate of drug-likeness (QED) is 0.629. The van der Waals surface area contributed by atoms with Gasteiger partial charge in [0.05, 0.1) is 6.61 Å². The van der Waals surface area contributed by atoms with Crippen LogP contribution in [0.3, 0.4) is 0 Å². The van der Waals surface area contributed by atoms with Crippen LogP contribution in [-0.2, 0) is 6.42 Å². The van der Waals surface area contributed by atoms with Crippen LogP contribution in [0.1, 0.15) is 62.1 Å². The van der Waals surface area contributed by atoms with Crippen LogP contribution in [-0.4, -0.2) is 17.3 Å². The van der Waals surface area contributed by atoms with E-state index in [-0.39, 0.29) is 6.61 Å². The van der Waals surface area contributed by atoms with Gasteiger partial charge in [0.1, 0.15) is 0 Å². The van der Waals surface area contributed by atoms with Gasteiger partial charge in [-0.3, -0.25) is 0 Å². The minimum atomic E-state index is -0.459. The number of thiophene rings is 1. The first-order valence-corrected chi connectivity index (χ1v) is 8.54. The lowest BCUT2D eigenvalue weighted by Crippen LogP contribution is -2.40. The molecule has 0 aliphatic rings. The van der Waals surface area contributed by atoms with E-state index < -0.39 is 5.54 Å². The molecule has 1 heterocycles. The van der Waals surface area contributed by atoms with Crippen molar-refractivity contribution in [1.82, 2.24) is 0 Å². The molecule has 1 aromatic rings. The summed E-state index contributed by atoms with van der Waals surface area (Å²) in [7, 11) is 0. The van der Waals surface area contributed by atoms with Crippen molar-refractivity contribution in [1.29, 1.82) is 0 Å². The minimum absolute atomic E-state index is 0.0445. The van der Waals surface area contributed by atoms with Gasteiger partial charge in [0.2, 0.25) is 0 Å². The summed E-state index contributed by atoms with van der Waals surface area (Å²) in [5.41, 5.74) is 5.49. The van der Waals surface area contributed by atoms with Crippen molar-refractivity contribution in [2.24, 2.45) is 5.73 Å². The number of hydrogen-bond donors (Lipinski definition) is 2. The maximum Gasteiger partial charge on any atom is 0.0608 e. The standard InChI is InChI=1S/C17H29NOS/c1-3-4-5-6-7-8-9-15-10-11-16(20-15)12-13-17(2,18)14-19/h8-11,19H,3-7,12-14,18H2,1-2H3. The molecule has 0 aromatic carbocycles. The second-order valence-electron chi connectivity index (χ2n) is 5.87. The van der Waals surface area contributed by atoms with Crippen LogP contribution >= 0.6 is 11.3 Å². The molecule has 0 fully saturated rings. The monoisotopic (exact) mass is 295 g/mol. The number of rotatable bonds is 10. The van der Waals surface area contributed by atoms with Gasteiger partial charge in [-0.15, -0.1) is 11.3 Å². The fraction of sp³-hybridized carbons (Fsp3) is 0.647. The predicted molar refractivity (Wildman–Crippen MR) is 90.1 cm³/mol. The average Bonchev–Trinajstić information content (AvgIpc) is 2.89. The Balaban J connectivity index is 2.30. The first-order chi connectivity index (χ1) is 9.57. The molecule has 3 heteroatoms. The van der Waals surface area contributed by atoms with Crippen molar-refractivity contribution in [2.75, 3.05) is 6.61 Å². The molecule has 114 valence electrons. The molecule has 0 amide bonds. The summed E-state index contributed by atoms with van der Waals surface area (Å²) >= 11 is 1.83. The van der Waals surface area contributed by atoms with Crippen molar-refractivity contribution in [3.05, 3.63) is 28.0 Å². The highest BCUT2D eigenvalue weighted by Crippen LogP contribution is 2.21. The molecule has 20 heavy (non-hydrogen) atoms. The number of aryl methyl sites for hydroxylation is 1. The molecular formula is C17H29NOS. The van der Waals surface area contributed by atoms with E-state index in [2.05, 4.69) is 31.2 Å². The van der Waals surface area contributed by atoms with Gasteiger partial charge in [0.25, 0.3) is 0 Å². The Morgan fingerprint density at radius 1 is 1.30 bits per heavy atom. The maximum atomic E-state index is 9.15. The summed E-state index contributed by atoms with van der Waals surface area (Å²) in [5, 5.41) is 9.15. The summed E-state index contributed by atoms with van der Waals surface area (Å²) in [6, 6.07) is 4.35. The van der Waals surface area contributed by atoms with Crippen molar-refractivity contribution in [3.8, 4) is 0 Å². The van der Waals surface area contributed by atoms with E-state index in [1.54, 1.807) is 0 Å². The SMILES string of the molecule is CCCCCCC=Cc1ccc(CCC(C)(N)CO)s1. The van der Waals surface area contributed by atoms with E-state index in [0.717, 1.165) is 12.8 Å². The van der Waals surface area contributed by atoms with Crippen LogP contribution in [0.25, 0.3) is 6.08 Å². The summed E-state index contributed by atoms with van der Waals surface area (Å²) < 4.78 is 0. The Morgan fingerprint density at radius 3 is 2.80 bits per heavy atom. The van der Waals surface area contributed by atoms with E-state index >= 15 is 0 Å². The van der Waals surface area contributed by atoms with Crippen LogP contribution in [0.5, 0.6) is 0 Å². The maximum absolute atomic E-state index is 9.15. The molecule has 0 saturated carbocycles. The zero-order valence-electron chi connectivity index (χ0n) is 12.9. The van der Waals surface area contributed by atoms with E-state index in [1.807, 2.05) is 18.3 Å². The normalized spacial score (nSPS) is 14.8. The molecule has 1 atom stereocenters. The fourth-order valence-electron chi connectivity index (χ4n) is 1.99. The Hall–Kier alpha value is -0.640. The molecular weight excluding hydrogens is 266 g/mol. The number of aliphatic hydroxyl groups is 1. The Bertz CT molecular complexity index is 395. The summed E-state index contributed by atoms with van der Waals surface area (Å²) in [4.78, 5) is 2.67. The van der Waals surface area contributed by atoms with Gasteiger partial charge in [-0.2, -0.15) is 0 Å². The lowest BCUT2D eigenvalue weighted by atomic mass is 9.98. The second-order valence-corrected chi connectivity index (χ2v) is 7.07. The van der Waals surface area contributed by atoms with Gasteiger partial charge in [-0.1, -0.05) is 32.3 Å². The first kappa shape index (κ1) is 17.4. The molecule has 0 spiro atoms.